The molecule has 0 amide bonds. The predicted molar refractivity (Wildman–Crippen MR) is 127 cm³/mol. The highest BCUT2D eigenvalue weighted by Crippen LogP contribution is 2.31. The Balaban J connectivity index is 1.33. The van der Waals surface area contributed by atoms with Gasteiger partial charge >= 0.3 is 0 Å². The van der Waals surface area contributed by atoms with E-state index in [-0.39, 0.29) is 0 Å². The second-order valence-corrected chi connectivity index (χ2v) is 9.26. The molecule has 4 aromatic rings. The highest BCUT2D eigenvalue weighted by atomic mass is 35.5. The molecule has 0 radical (unpaired) electrons. The topological polar surface area (TPSA) is 93.6 Å². The molecule has 0 bridgehead atoms. The Hall–Kier alpha value is -2.72. The van der Waals surface area contributed by atoms with Crippen LogP contribution in [0.25, 0.3) is 5.52 Å². The van der Waals surface area contributed by atoms with Gasteiger partial charge in [-0.05, 0) is 55.8 Å². The van der Waals surface area contributed by atoms with E-state index in [1.54, 1.807) is 29.4 Å². The number of hydrogen-bond acceptors (Lipinski definition) is 8. The van der Waals surface area contributed by atoms with Gasteiger partial charge in [-0.15, -0.1) is 11.3 Å². The van der Waals surface area contributed by atoms with Crippen molar-refractivity contribution in [3.8, 4) is 5.75 Å². The number of nitrogens with one attached hydrogen (secondary N) is 1. The van der Waals surface area contributed by atoms with Gasteiger partial charge in [-0.25, -0.2) is 9.50 Å². The van der Waals surface area contributed by atoms with Crippen molar-refractivity contribution in [2.75, 3.05) is 18.4 Å². The van der Waals surface area contributed by atoms with Gasteiger partial charge in [-0.2, -0.15) is 5.10 Å². The van der Waals surface area contributed by atoms with Crippen molar-refractivity contribution >= 4 is 40.0 Å². The number of halogens is 1. The minimum atomic E-state index is 0.316. The van der Waals surface area contributed by atoms with Crippen molar-refractivity contribution in [3.63, 3.8) is 0 Å². The summed E-state index contributed by atoms with van der Waals surface area (Å²) in [6.07, 6.45) is 7.37. The van der Waals surface area contributed by atoms with E-state index in [1.165, 1.54) is 5.56 Å². The van der Waals surface area contributed by atoms with E-state index >= 15 is 0 Å². The Kier molecular flexibility index (Phi) is 6.22. The minimum absolute atomic E-state index is 0.316. The van der Waals surface area contributed by atoms with Gasteiger partial charge in [0.25, 0.3) is 0 Å². The molecule has 0 unspecified atom stereocenters. The first kappa shape index (κ1) is 21.1. The molecule has 5 rings (SSSR count). The largest absolute Gasteiger partial charge is 0.486 e. The smallest absolute Gasteiger partial charge is 0.158 e. The molecule has 0 saturated carbocycles. The first-order chi connectivity index (χ1) is 15.7. The summed E-state index contributed by atoms with van der Waals surface area (Å²) >= 11 is 8.02. The van der Waals surface area contributed by atoms with Crippen molar-refractivity contribution in [1.82, 2.24) is 24.5 Å². The van der Waals surface area contributed by atoms with Gasteiger partial charge in [-0.1, -0.05) is 11.6 Å². The Morgan fingerprint density at radius 1 is 1.25 bits per heavy atom. The highest BCUT2D eigenvalue weighted by Gasteiger charge is 2.19. The molecule has 4 heterocycles. The van der Waals surface area contributed by atoms with Crippen LogP contribution >= 0.6 is 22.9 Å². The zero-order valence-corrected chi connectivity index (χ0v) is 19.0. The van der Waals surface area contributed by atoms with Gasteiger partial charge in [0.05, 0.1) is 15.4 Å². The maximum absolute atomic E-state index is 6.47. The number of thiazole rings is 1. The number of nitrogens with two attached hydrogens (primary N) is 1. The Bertz CT molecular complexity index is 1190. The second kappa shape index (κ2) is 9.41. The molecule has 166 valence electrons. The number of nitrogens with zero attached hydrogens (tertiary/aromatic N) is 5. The minimum Gasteiger partial charge on any atom is -0.486 e. The van der Waals surface area contributed by atoms with Crippen LogP contribution in [0.5, 0.6) is 5.75 Å². The van der Waals surface area contributed by atoms with Gasteiger partial charge in [0.1, 0.15) is 24.2 Å². The van der Waals surface area contributed by atoms with Crippen LogP contribution in [0.4, 0.5) is 11.5 Å². The third kappa shape index (κ3) is 4.71. The van der Waals surface area contributed by atoms with Gasteiger partial charge in [-0.3, -0.25) is 9.88 Å². The van der Waals surface area contributed by atoms with Crippen LogP contribution in [0.3, 0.4) is 0 Å². The average molecular weight is 470 g/mol. The number of aromatic nitrogens is 4. The van der Waals surface area contributed by atoms with Crippen LogP contribution in [0.15, 0.2) is 48.5 Å². The predicted octanol–water partition coefficient (Wildman–Crippen LogP) is 4.08. The first-order valence-electron chi connectivity index (χ1n) is 10.5. The van der Waals surface area contributed by atoms with E-state index in [4.69, 9.17) is 22.1 Å². The first-order valence-corrected chi connectivity index (χ1v) is 11.8. The normalized spacial score (nSPS) is 15.3. The third-order valence-electron chi connectivity index (χ3n) is 5.61. The van der Waals surface area contributed by atoms with Crippen LogP contribution in [-0.2, 0) is 13.2 Å². The molecular weight excluding hydrogens is 446 g/mol. The molecule has 8 nitrogen and oxygen atoms in total. The summed E-state index contributed by atoms with van der Waals surface area (Å²) in [7, 11) is 0. The number of fused-ring (bicyclic) bond motifs is 1. The Labute approximate surface area is 195 Å². The number of likely N-dealkylation sites (tertiary alicyclic amines) is 1. The number of rotatable bonds is 7. The van der Waals surface area contributed by atoms with Crippen molar-refractivity contribution in [2.24, 2.45) is 5.73 Å². The van der Waals surface area contributed by atoms with E-state index in [9.17, 15) is 0 Å². The average Bonchev–Trinajstić information content (AvgIpc) is 3.46. The van der Waals surface area contributed by atoms with Crippen LogP contribution in [0.1, 0.15) is 23.3 Å². The van der Waals surface area contributed by atoms with Crippen molar-refractivity contribution in [3.05, 3.63) is 64.0 Å². The fraction of sp³-hybridized carbons (Fsp3) is 0.318. The molecule has 32 heavy (non-hydrogen) atoms. The molecule has 3 aromatic heterocycles. The van der Waals surface area contributed by atoms with Crippen LogP contribution in [-0.4, -0.2) is 43.6 Å². The van der Waals surface area contributed by atoms with Gasteiger partial charge < -0.3 is 15.8 Å². The maximum atomic E-state index is 6.47. The third-order valence-corrected chi connectivity index (χ3v) is 6.66. The van der Waals surface area contributed by atoms with E-state index in [1.807, 2.05) is 28.9 Å². The van der Waals surface area contributed by atoms with E-state index in [0.29, 0.717) is 23.4 Å². The lowest BCUT2D eigenvalue weighted by Crippen LogP contribution is -2.39. The second-order valence-electron chi connectivity index (χ2n) is 7.88. The summed E-state index contributed by atoms with van der Waals surface area (Å²) in [5.41, 5.74) is 10.8. The number of ether oxygens (including phenoxy) is 1. The zero-order valence-electron chi connectivity index (χ0n) is 17.4. The Morgan fingerprint density at radius 2 is 2.12 bits per heavy atom. The molecule has 0 aliphatic carbocycles. The SMILES string of the molecule is NC1CCN(Cc2ccn3ncnc(Nc4ccc(OCc5cncs5)c(Cl)c4)c23)CC1. The molecular formula is C22H24ClN7OS. The molecule has 0 spiro atoms. The van der Waals surface area contributed by atoms with Crippen molar-refractivity contribution < 1.29 is 4.74 Å². The standard InChI is InChI=1S/C22H24ClN7OS/c23-19-9-17(1-2-20(19)31-12-18-10-25-14-32-18)28-22-21-15(3-8-30(21)27-13-26-22)11-29-6-4-16(24)5-7-29/h1-3,8-10,13-14,16H,4-7,11-12,24H2,(H,26,27,28). The van der Waals surface area contributed by atoms with Gasteiger partial charge in [0, 0.05) is 30.7 Å². The lowest BCUT2D eigenvalue weighted by molar-refractivity contribution is 0.206. The fourth-order valence-corrected chi connectivity index (χ4v) is 4.62. The molecule has 1 aliphatic rings. The summed E-state index contributed by atoms with van der Waals surface area (Å²) in [4.78, 5) is 12.0. The van der Waals surface area contributed by atoms with Gasteiger partial charge in [0.2, 0.25) is 0 Å². The Morgan fingerprint density at radius 3 is 2.91 bits per heavy atom. The van der Waals surface area contributed by atoms with Crippen molar-refractivity contribution in [1.29, 1.82) is 0 Å². The monoisotopic (exact) mass is 469 g/mol. The number of piperidine rings is 1. The summed E-state index contributed by atoms with van der Waals surface area (Å²) in [6.45, 7) is 3.30. The molecule has 1 fully saturated rings. The van der Waals surface area contributed by atoms with E-state index in [0.717, 1.165) is 54.4 Å². The van der Waals surface area contributed by atoms with Crippen LogP contribution < -0.4 is 15.8 Å². The summed E-state index contributed by atoms with van der Waals surface area (Å²) in [6, 6.07) is 8.06. The van der Waals surface area contributed by atoms with E-state index < -0.39 is 0 Å². The molecule has 10 heteroatoms. The molecule has 0 atom stereocenters. The molecule has 1 aromatic carbocycles. The molecule has 3 N–H and O–H groups in total. The summed E-state index contributed by atoms with van der Waals surface area (Å²) in [5.74, 6) is 1.37. The lowest BCUT2D eigenvalue weighted by atomic mass is 10.1. The van der Waals surface area contributed by atoms with Gasteiger partial charge in [0.15, 0.2) is 5.82 Å². The van der Waals surface area contributed by atoms with Crippen LogP contribution in [0.2, 0.25) is 5.02 Å². The molecule has 1 aliphatic heterocycles. The van der Waals surface area contributed by atoms with Crippen molar-refractivity contribution in [2.45, 2.75) is 32.0 Å². The highest BCUT2D eigenvalue weighted by molar-refractivity contribution is 7.09. The van der Waals surface area contributed by atoms with E-state index in [2.05, 4.69) is 31.3 Å². The molecule has 1 saturated heterocycles. The summed E-state index contributed by atoms with van der Waals surface area (Å²) < 4.78 is 7.68. The maximum Gasteiger partial charge on any atom is 0.158 e. The summed E-state index contributed by atoms with van der Waals surface area (Å²) in [5, 5.41) is 8.30. The number of benzene rings is 1. The zero-order chi connectivity index (χ0) is 21.9. The van der Waals surface area contributed by atoms with Crippen LogP contribution in [0, 0.1) is 0 Å². The fourth-order valence-electron chi connectivity index (χ4n) is 3.88. The number of hydrogen-bond donors (Lipinski definition) is 2. The lowest BCUT2D eigenvalue weighted by Gasteiger charge is -2.29. The number of anilines is 2. The quantitative estimate of drug-likeness (QED) is 0.421.